The lowest BCUT2D eigenvalue weighted by molar-refractivity contribution is -0.175. The number of fused-ring (bicyclic) bond motifs is 2. The maximum absolute atomic E-state index is 12.4. The number of nitrogens with one attached hydrogen (secondary N) is 1. The van der Waals surface area contributed by atoms with Crippen LogP contribution in [-0.4, -0.2) is 57.3 Å². The Labute approximate surface area is 183 Å². The SMILES string of the molecule is CC[C@]12CO[C@@H](C1OP(OCCC#N)N(C(C)C)C(C)C)[C@H](n1ccc(=O)[nH]c1=O)O2. The normalized spacial score (nSPS) is 28.5. The predicted octanol–water partition coefficient (Wildman–Crippen LogP) is 2.27. The smallest absolute Gasteiger partial charge is 0.330 e. The summed E-state index contributed by atoms with van der Waals surface area (Å²) in [7, 11) is -1.50. The van der Waals surface area contributed by atoms with E-state index in [1.807, 2.05) is 6.92 Å². The van der Waals surface area contributed by atoms with E-state index in [-0.39, 0.29) is 25.1 Å². The molecule has 11 heteroatoms. The number of aromatic amines is 1. The molecule has 172 valence electrons. The number of aromatic nitrogens is 2. The quantitative estimate of drug-likeness (QED) is 0.423. The highest BCUT2D eigenvalue weighted by atomic mass is 31.2. The first-order valence-electron chi connectivity index (χ1n) is 10.6. The van der Waals surface area contributed by atoms with Crippen LogP contribution in [-0.2, 0) is 18.5 Å². The highest BCUT2D eigenvalue weighted by molar-refractivity contribution is 7.44. The molecule has 2 fully saturated rings. The molecule has 2 saturated heterocycles. The van der Waals surface area contributed by atoms with Crippen molar-refractivity contribution in [2.24, 2.45) is 0 Å². The van der Waals surface area contributed by atoms with Crippen molar-refractivity contribution in [1.82, 2.24) is 14.2 Å². The van der Waals surface area contributed by atoms with Gasteiger partial charge in [0.1, 0.15) is 17.8 Å². The Bertz CT molecular complexity index is 904. The Hall–Kier alpha value is -1.60. The van der Waals surface area contributed by atoms with Crippen LogP contribution in [0.4, 0.5) is 0 Å². The maximum atomic E-state index is 12.4. The molecule has 2 unspecified atom stereocenters. The topological polar surface area (TPSA) is 119 Å². The standard InChI is InChI=1S/C20H31N4O6P/c1-6-20-12-27-16(18(29-20)23-10-8-15(25)22-19(23)26)17(20)30-31(28-11-7-9-21)24(13(2)3)14(4)5/h8,10,13-14,16-18H,6-7,11-12H2,1-5H3,(H,22,25,26)/t16-,17?,18+,20-,31?/m0/s1. The van der Waals surface area contributed by atoms with Crippen molar-refractivity contribution < 1.29 is 18.5 Å². The van der Waals surface area contributed by atoms with Crippen LogP contribution in [0.2, 0.25) is 0 Å². The molecule has 0 amide bonds. The van der Waals surface area contributed by atoms with E-state index in [0.29, 0.717) is 13.0 Å². The third-order valence-electron chi connectivity index (χ3n) is 5.56. The van der Waals surface area contributed by atoms with E-state index in [1.165, 1.54) is 16.8 Å². The zero-order chi connectivity index (χ0) is 22.8. The van der Waals surface area contributed by atoms with Gasteiger partial charge in [-0.05, 0) is 34.1 Å². The minimum atomic E-state index is -1.50. The van der Waals surface area contributed by atoms with Crippen LogP contribution in [0.3, 0.4) is 0 Å². The molecule has 0 radical (unpaired) electrons. The van der Waals surface area contributed by atoms with E-state index in [0.717, 1.165) is 0 Å². The first-order valence-corrected chi connectivity index (χ1v) is 11.7. The highest BCUT2D eigenvalue weighted by Crippen LogP contribution is 2.55. The van der Waals surface area contributed by atoms with Crippen molar-refractivity contribution in [1.29, 1.82) is 5.26 Å². The molecule has 0 aromatic carbocycles. The van der Waals surface area contributed by atoms with Gasteiger partial charge < -0.3 is 18.5 Å². The summed E-state index contributed by atoms with van der Waals surface area (Å²) >= 11 is 0. The Morgan fingerprint density at radius 2 is 2.10 bits per heavy atom. The van der Waals surface area contributed by atoms with Crippen LogP contribution in [0.1, 0.15) is 53.7 Å². The largest absolute Gasteiger partial charge is 0.368 e. The summed E-state index contributed by atoms with van der Waals surface area (Å²) in [5, 5.41) is 8.93. The first-order chi connectivity index (χ1) is 14.7. The Balaban J connectivity index is 1.90. The number of nitrogens with zero attached hydrogens (tertiary/aromatic N) is 3. The van der Waals surface area contributed by atoms with Gasteiger partial charge in [-0.15, -0.1) is 0 Å². The first kappa shape index (κ1) is 24.1. The van der Waals surface area contributed by atoms with Crippen molar-refractivity contribution in [3.8, 4) is 6.07 Å². The molecular weight excluding hydrogens is 423 g/mol. The maximum Gasteiger partial charge on any atom is 0.330 e. The summed E-state index contributed by atoms with van der Waals surface area (Å²) in [6.45, 7) is 10.9. The van der Waals surface area contributed by atoms with Gasteiger partial charge >= 0.3 is 5.69 Å². The van der Waals surface area contributed by atoms with Crippen LogP contribution >= 0.6 is 8.53 Å². The van der Waals surface area contributed by atoms with Gasteiger partial charge in [0.15, 0.2) is 6.23 Å². The zero-order valence-electron chi connectivity index (χ0n) is 18.6. The molecule has 3 rings (SSSR count). The summed E-state index contributed by atoms with van der Waals surface area (Å²) < 4.78 is 28.4. The Kier molecular flexibility index (Phi) is 7.68. The summed E-state index contributed by atoms with van der Waals surface area (Å²) in [6, 6.07) is 3.69. The van der Waals surface area contributed by atoms with Gasteiger partial charge in [0.25, 0.3) is 14.1 Å². The average molecular weight is 454 g/mol. The minimum Gasteiger partial charge on any atom is -0.368 e. The van der Waals surface area contributed by atoms with Crippen molar-refractivity contribution in [3.63, 3.8) is 0 Å². The number of ether oxygens (including phenoxy) is 2. The minimum absolute atomic E-state index is 0.157. The van der Waals surface area contributed by atoms with Gasteiger partial charge in [0.05, 0.1) is 25.7 Å². The number of hydrogen-bond donors (Lipinski definition) is 1. The fraction of sp³-hybridized carbons (Fsp3) is 0.750. The van der Waals surface area contributed by atoms with E-state index in [4.69, 9.17) is 23.8 Å². The molecule has 0 spiro atoms. The second-order valence-corrected chi connectivity index (χ2v) is 9.70. The van der Waals surface area contributed by atoms with Crippen molar-refractivity contribution in [2.45, 2.75) is 83.6 Å². The van der Waals surface area contributed by atoms with Crippen LogP contribution in [0.15, 0.2) is 21.9 Å². The summed E-state index contributed by atoms with van der Waals surface area (Å²) in [5.74, 6) is 0. The Morgan fingerprint density at radius 3 is 2.68 bits per heavy atom. The third-order valence-corrected chi connectivity index (χ3v) is 7.68. The molecule has 1 N–H and O–H groups in total. The number of rotatable bonds is 10. The summed E-state index contributed by atoms with van der Waals surface area (Å²) in [5.41, 5.74) is -1.76. The third kappa shape index (κ3) is 4.77. The van der Waals surface area contributed by atoms with E-state index in [9.17, 15) is 9.59 Å². The molecular formula is C20H31N4O6P. The molecule has 3 heterocycles. The van der Waals surface area contributed by atoms with E-state index in [1.54, 1.807) is 0 Å². The van der Waals surface area contributed by atoms with Crippen LogP contribution in [0.5, 0.6) is 0 Å². The van der Waals surface area contributed by atoms with Crippen LogP contribution < -0.4 is 11.2 Å². The molecule has 2 aliphatic heterocycles. The molecule has 1 aromatic rings. The monoisotopic (exact) mass is 454 g/mol. The van der Waals surface area contributed by atoms with Gasteiger partial charge in [0, 0.05) is 24.3 Å². The van der Waals surface area contributed by atoms with Crippen LogP contribution in [0.25, 0.3) is 0 Å². The lowest BCUT2D eigenvalue weighted by atomic mass is 9.96. The van der Waals surface area contributed by atoms with Crippen LogP contribution in [0, 0.1) is 11.3 Å². The summed E-state index contributed by atoms with van der Waals surface area (Å²) in [4.78, 5) is 26.1. The second kappa shape index (κ2) is 9.90. The van der Waals surface area contributed by atoms with E-state index < -0.39 is 43.8 Å². The molecule has 1 aromatic heterocycles. The number of nitriles is 1. The predicted molar refractivity (Wildman–Crippen MR) is 114 cm³/mol. The number of hydrogen-bond acceptors (Lipinski definition) is 8. The van der Waals surface area contributed by atoms with Gasteiger partial charge in [0.2, 0.25) is 0 Å². The molecule has 2 aliphatic rings. The van der Waals surface area contributed by atoms with E-state index >= 15 is 0 Å². The van der Waals surface area contributed by atoms with Gasteiger partial charge in [-0.1, -0.05) is 6.92 Å². The van der Waals surface area contributed by atoms with Crippen molar-refractivity contribution in [2.75, 3.05) is 13.2 Å². The lowest BCUT2D eigenvalue weighted by Crippen LogP contribution is -2.42. The highest BCUT2D eigenvalue weighted by Gasteiger charge is 2.63. The molecule has 0 aliphatic carbocycles. The second-order valence-electron chi connectivity index (χ2n) is 8.29. The molecule has 2 bridgehead atoms. The zero-order valence-corrected chi connectivity index (χ0v) is 19.5. The Morgan fingerprint density at radius 1 is 1.39 bits per heavy atom. The fourth-order valence-electron chi connectivity index (χ4n) is 4.12. The molecule has 10 nitrogen and oxygen atoms in total. The molecule has 0 saturated carbocycles. The number of H-pyrrole nitrogens is 1. The summed E-state index contributed by atoms with van der Waals surface area (Å²) in [6.07, 6.45) is 0.584. The van der Waals surface area contributed by atoms with E-state index in [2.05, 4.69) is 43.4 Å². The van der Waals surface area contributed by atoms with Gasteiger partial charge in [-0.2, -0.15) is 5.26 Å². The lowest BCUT2D eigenvalue weighted by Gasteiger charge is -2.38. The van der Waals surface area contributed by atoms with Gasteiger partial charge in [-0.3, -0.25) is 14.3 Å². The molecule has 5 atom stereocenters. The van der Waals surface area contributed by atoms with Crippen molar-refractivity contribution >= 4 is 8.53 Å². The fourth-order valence-corrected chi connectivity index (χ4v) is 5.93. The van der Waals surface area contributed by atoms with Crippen molar-refractivity contribution in [3.05, 3.63) is 33.1 Å². The average Bonchev–Trinajstić information content (AvgIpc) is 3.19. The van der Waals surface area contributed by atoms with Gasteiger partial charge in [-0.25, -0.2) is 9.46 Å². The molecule has 31 heavy (non-hydrogen) atoms.